The van der Waals surface area contributed by atoms with Gasteiger partial charge >= 0.3 is 11.7 Å². The van der Waals surface area contributed by atoms with Gasteiger partial charge in [0.2, 0.25) is 0 Å². The number of amides is 1. The molecule has 1 heterocycles. The number of aromatic nitrogens is 2. The number of benzene rings is 1. The molecule has 0 aliphatic heterocycles. The first kappa shape index (κ1) is 14.7. The van der Waals surface area contributed by atoms with Crippen LogP contribution < -0.4 is 16.6 Å². The molecule has 0 radical (unpaired) electrons. The lowest BCUT2D eigenvalue weighted by molar-refractivity contribution is 0.0698. The molecule has 0 fully saturated rings. The van der Waals surface area contributed by atoms with Crippen molar-refractivity contribution in [2.75, 3.05) is 5.32 Å². The predicted octanol–water partition coefficient (Wildman–Crippen LogP) is 0.776. The number of aromatic amines is 2. The summed E-state index contributed by atoms with van der Waals surface area (Å²) in [6.07, 6.45) is 0. The van der Waals surface area contributed by atoms with Crippen LogP contribution in [0.2, 0.25) is 0 Å². The van der Waals surface area contributed by atoms with Crippen LogP contribution in [0.1, 0.15) is 20.8 Å². The third kappa shape index (κ3) is 3.26. The molecule has 21 heavy (non-hydrogen) atoms. The number of rotatable bonds is 3. The first-order valence-electron chi connectivity index (χ1n) is 5.55. The average Bonchev–Trinajstić information content (AvgIpc) is 2.39. The van der Waals surface area contributed by atoms with Crippen LogP contribution in [0.25, 0.3) is 0 Å². The van der Waals surface area contributed by atoms with Gasteiger partial charge in [-0.15, -0.1) is 0 Å². The number of para-hydroxylation sites is 1. The predicted molar refractivity (Wildman–Crippen MR) is 76.7 cm³/mol. The largest absolute Gasteiger partial charge is 0.478 e. The van der Waals surface area contributed by atoms with Crippen molar-refractivity contribution in [3.8, 4) is 0 Å². The zero-order chi connectivity index (χ0) is 15.6. The first-order chi connectivity index (χ1) is 9.88. The van der Waals surface area contributed by atoms with Gasteiger partial charge in [0.25, 0.3) is 11.5 Å². The number of H-pyrrole nitrogens is 2. The van der Waals surface area contributed by atoms with Crippen LogP contribution in [0.5, 0.6) is 0 Å². The maximum absolute atomic E-state index is 12.0. The Balaban J connectivity index is 2.43. The van der Waals surface area contributed by atoms with Crippen molar-refractivity contribution < 1.29 is 14.7 Å². The number of nitrogens with one attached hydrogen (secondary N) is 3. The number of carboxylic acids is 1. The third-order valence-corrected chi connectivity index (χ3v) is 3.15. The van der Waals surface area contributed by atoms with Crippen molar-refractivity contribution in [2.24, 2.45) is 0 Å². The second kappa shape index (κ2) is 5.75. The lowest BCUT2D eigenvalue weighted by Crippen LogP contribution is -2.27. The Kier molecular flexibility index (Phi) is 4.03. The highest BCUT2D eigenvalue weighted by Gasteiger charge is 2.17. The fraction of sp³-hybridized carbons (Fsp3) is 0. The molecule has 0 saturated carbocycles. The van der Waals surface area contributed by atoms with Gasteiger partial charge in [0, 0.05) is 10.5 Å². The van der Waals surface area contributed by atoms with E-state index >= 15 is 0 Å². The topological polar surface area (TPSA) is 132 Å². The minimum atomic E-state index is -1.23. The molecule has 1 amide bonds. The molecule has 1 aromatic heterocycles. The monoisotopic (exact) mass is 353 g/mol. The number of hydrogen-bond acceptors (Lipinski definition) is 4. The Morgan fingerprint density at radius 3 is 2.52 bits per heavy atom. The molecule has 0 saturated heterocycles. The summed E-state index contributed by atoms with van der Waals surface area (Å²) in [5, 5.41) is 11.4. The van der Waals surface area contributed by atoms with Gasteiger partial charge in [-0.2, -0.15) is 0 Å². The van der Waals surface area contributed by atoms with Crippen LogP contribution in [-0.2, 0) is 0 Å². The normalized spacial score (nSPS) is 10.1. The van der Waals surface area contributed by atoms with Crippen molar-refractivity contribution in [3.05, 3.63) is 60.8 Å². The van der Waals surface area contributed by atoms with Gasteiger partial charge in [0.1, 0.15) is 5.69 Å². The highest BCUT2D eigenvalue weighted by molar-refractivity contribution is 9.10. The van der Waals surface area contributed by atoms with Crippen LogP contribution in [0.15, 0.2) is 38.3 Å². The summed E-state index contributed by atoms with van der Waals surface area (Å²) in [6, 6.07) is 5.25. The fourth-order valence-electron chi connectivity index (χ4n) is 1.60. The van der Waals surface area contributed by atoms with E-state index in [0.29, 0.717) is 4.47 Å². The number of hydrogen-bond donors (Lipinski definition) is 4. The van der Waals surface area contributed by atoms with Gasteiger partial charge in [-0.05, 0) is 28.1 Å². The van der Waals surface area contributed by atoms with E-state index in [1.54, 1.807) is 6.07 Å². The Morgan fingerprint density at radius 1 is 1.19 bits per heavy atom. The van der Waals surface area contributed by atoms with Gasteiger partial charge in [0.15, 0.2) is 0 Å². The summed E-state index contributed by atoms with van der Waals surface area (Å²) in [5.41, 5.74) is -1.97. The third-order valence-electron chi connectivity index (χ3n) is 2.49. The van der Waals surface area contributed by atoms with Crippen LogP contribution in [-0.4, -0.2) is 27.0 Å². The van der Waals surface area contributed by atoms with Crippen LogP contribution in [0, 0.1) is 0 Å². The molecule has 2 aromatic rings. The quantitative estimate of drug-likeness (QED) is 0.647. The van der Waals surface area contributed by atoms with E-state index < -0.39 is 23.1 Å². The number of carbonyl (C=O) groups is 2. The summed E-state index contributed by atoms with van der Waals surface area (Å²) in [4.78, 5) is 49.5. The number of anilines is 1. The average molecular weight is 354 g/mol. The van der Waals surface area contributed by atoms with E-state index in [4.69, 9.17) is 5.11 Å². The molecule has 2 rings (SSSR count). The van der Waals surface area contributed by atoms with E-state index in [9.17, 15) is 19.2 Å². The summed E-state index contributed by atoms with van der Waals surface area (Å²) in [6.45, 7) is 0. The molecule has 0 bridgehead atoms. The first-order valence-corrected chi connectivity index (χ1v) is 6.34. The van der Waals surface area contributed by atoms with Gasteiger partial charge in [-0.25, -0.2) is 9.59 Å². The molecule has 1 aromatic carbocycles. The minimum absolute atomic E-state index is 0.0242. The highest BCUT2D eigenvalue weighted by atomic mass is 79.9. The molecule has 0 unspecified atom stereocenters. The summed E-state index contributed by atoms with van der Waals surface area (Å²) >= 11 is 3.13. The van der Waals surface area contributed by atoms with Gasteiger partial charge in [0.05, 0.1) is 11.3 Å². The lowest BCUT2D eigenvalue weighted by atomic mass is 10.1. The molecule has 0 aliphatic carbocycles. The standard InChI is InChI=1S/C12H8BrN3O5/c13-6-3-1-2-5(11(19)20)9(6)16-10(18)7-4-8(17)15-12(21)14-7/h1-4H,(H,16,18)(H,19,20)(H2,14,15,17,21). The summed E-state index contributed by atoms with van der Waals surface area (Å²) < 4.78 is 0.350. The Morgan fingerprint density at radius 2 is 1.90 bits per heavy atom. The van der Waals surface area contributed by atoms with Gasteiger partial charge < -0.3 is 15.4 Å². The van der Waals surface area contributed by atoms with Crippen LogP contribution in [0.3, 0.4) is 0 Å². The van der Waals surface area contributed by atoms with E-state index in [1.807, 2.05) is 4.98 Å². The molecule has 0 aliphatic rings. The van der Waals surface area contributed by atoms with Crippen LogP contribution >= 0.6 is 15.9 Å². The molecule has 9 heteroatoms. The van der Waals surface area contributed by atoms with Crippen molar-refractivity contribution >= 4 is 33.5 Å². The van der Waals surface area contributed by atoms with Crippen molar-refractivity contribution in [2.45, 2.75) is 0 Å². The molecule has 108 valence electrons. The molecule has 0 atom stereocenters. The van der Waals surface area contributed by atoms with Gasteiger partial charge in [-0.1, -0.05) is 6.07 Å². The molecule has 0 spiro atoms. The lowest BCUT2D eigenvalue weighted by Gasteiger charge is -2.10. The second-order valence-corrected chi connectivity index (χ2v) is 4.78. The number of carboxylic acid groups (broad SMARTS) is 1. The Labute approximate surface area is 125 Å². The molecular weight excluding hydrogens is 346 g/mol. The van der Waals surface area contributed by atoms with Crippen molar-refractivity contribution in [1.82, 2.24) is 9.97 Å². The Hall–Kier alpha value is -2.68. The van der Waals surface area contributed by atoms with Crippen molar-refractivity contribution in [3.63, 3.8) is 0 Å². The number of halogens is 1. The summed E-state index contributed by atoms with van der Waals surface area (Å²) in [7, 11) is 0. The van der Waals surface area contributed by atoms with Gasteiger partial charge in [-0.3, -0.25) is 14.6 Å². The SMILES string of the molecule is O=C(Nc1c(Br)cccc1C(=O)O)c1cc(=O)[nH]c(=O)[nH]1. The van der Waals surface area contributed by atoms with E-state index in [0.717, 1.165) is 6.07 Å². The highest BCUT2D eigenvalue weighted by Crippen LogP contribution is 2.26. The van der Waals surface area contributed by atoms with Crippen molar-refractivity contribution in [1.29, 1.82) is 0 Å². The fourth-order valence-corrected chi connectivity index (χ4v) is 2.07. The maximum atomic E-state index is 12.0. The molecule has 4 N–H and O–H groups in total. The summed E-state index contributed by atoms with van der Waals surface area (Å²) in [5.74, 6) is -2.04. The van der Waals surface area contributed by atoms with Crippen LogP contribution in [0.4, 0.5) is 5.69 Å². The zero-order valence-corrected chi connectivity index (χ0v) is 11.9. The number of carbonyl (C=O) groups excluding carboxylic acids is 1. The minimum Gasteiger partial charge on any atom is -0.478 e. The second-order valence-electron chi connectivity index (χ2n) is 3.92. The number of aromatic carboxylic acids is 1. The maximum Gasteiger partial charge on any atom is 0.337 e. The van der Waals surface area contributed by atoms with E-state index in [-0.39, 0.29) is 16.9 Å². The zero-order valence-electron chi connectivity index (χ0n) is 10.3. The van der Waals surface area contributed by atoms with E-state index in [2.05, 4.69) is 26.2 Å². The molecule has 8 nitrogen and oxygen atoms in total. The smallest absolute Gasteiger partial charge is 0.337 e. The molecular formula is C12H8BrN3O5. The Bertz CT molecular complexity index is 811. The van der Waals surface area contributed by atoms with E-state index in [1.165, 1.54) is 12.1 Å².